The highest BCUT2D eigenvalue weighted by molar-refractivity contribution is 4.76. The summed E-state index contributed by atoms with van der Waals surface area (Å²) >= 11 is 0. The van der Waals surface area contributed by atoms with Gasteiger partial charge in [0.2, 0.25) is 0 Å². The minimum absolute atomic E-state index is 0.0128. The van der Waals surface area contributed by atoms with Gasteiger partial charge in [-0.1, -0.05) is 0 Å². The van der Waals surface area contributed by atoms with Crippen LogP contribution in [-0.4, -0.2) is 44.5 Å². The predicted octanol–water partition coefficient (Wildman–Crippen LogP) is 1.09. The molecule has 0 radical (unpaired) electrons. The van der Waals surface area contributed by atoms with E-state index in [1.165, 1.54) is 0 Å². The van der Waals surface area contributed by atoms with E-state index < -0.39 is 0 Å². The van der Waals surface area contributed by atoms with E-state index in [0.29, 0.717) is 12.1 Å². The zero-order chi connectivity index (χ0) is 9.14. The highest BCUT2D eigenvalue weighted by Crippen LogP contribution is 2.22. The smallest absolute Gasteiger partial charge is 0.159 e. The van der Waals surface area contributed by atoms with Crippen molar-refractivity contribution in [2.24, 2.45) is 0 Å². The van der Waals surface area contributed by atoms with Crippen LogP contribution >= 0.6 is 0 Å². The van der Waals surface area contributed by atoms with Crippen molar-refractivity contribution in [2.75, 3.05) is 21.2 Å². The van der Waals surface area contributed by atoms with Crippen molar-refractivity contribution in [1.29, 1.82) is 0 Å². The molecule has 12 heavy (non-hydrogen) atoms. The Morgan fingerprint density at radius 3 is 2.50 bits per heavy atom. The third-order valence-electron chi connectivity index (χ3n) is 2.45. The van der Waals surface area contributed by atoms with Crippen LogP contribution in [0.5, 0.6) is 0 Å². The van der Waals surface area contributed by atoms with Gasteiger partial charge in [-0.15, -0.1) is 0 Å². The quantitative estimate of drug-likeness (QED) is 0.624. The molecule has 0 aromatic carbocycles. The van der Waals surface area contributed by atoms with Crippen LogP contribution in [0.2, 0.25) is 0 Å². The SMILES string of the molecule is COC1C[C@@H](N(C)C)CC(C)O1. The first kappa shape index (κ1) is 9.96. The largest absolute Gasteiger partial charge is 0.356 e. The van der Waals surface area contributed by atoms with Gasteiger partial charge in [0.15, 0.2) is 6.29 Å². The molecular formula is C9H19NO2. The normalized spacial score (nSPS) is 37.2. The number of rotatable bonds is 2. The van der Waals surface area contributed by atoms with Gasteiger partial charge < -0.3 is 14.4 Å². The van der Waals surface area contributed by atoms with Crippen LogP contribution in [0.4, 0.5) is 0 Å². The molecule has 1 saturated heterocycles. The number of methoxy groups -OCH3 is 1. The van der Waals surface area contributed by atoms with E-state index in [2.05, 4.69) is 25.9 Å². The number of hydrogen-bond donors (Lipinski definition) is 0. The predicted molar refractivity (Wildman–Crippen MR) is 48.1 cm³/mol. The van der Waals surface area contributed by atoms with E-state index in [-0.39, 0.29) is 6.29 Å². The molecule has 2 unspecified atom stereocenters. The fourth-order valence-corrected chi connectivity index (χ4v) is 1.65. The summed E-state index contributed by atoms with van der Waals surface area (Å²) < 4.78 is 10.8. The van der Waals surface area contributed by atoms with Crippen molar-refractivity contribution in [3.8, 4) is 0 Å². The minimum Gasteiger partial charge on any atom is -0.356 e. The van der Waals surface area contributed by atoms with Gasteiger partial charge in [-0.2, -0.15) is 0 Å². The molecule has 1 rings (SSSR count). The van der Waals surface area contributed by atoms with Crippen LogP contribution in [0, 0.1) is 0 Å². The molecule has 0 amide bonds. The number of hydrogen-bond acceptors (Lipinski definition) is 3. The van der Waals surface area contributed by atoms with E-state index in [0.717, 1.165) is 12.8 Å². The third-order valence-corrected chi connectivity index (χ3v) is 2.45. The minimum atomic E-state index is -0.0128. The lowest BCUT2D eigenvalue weighted by Crippen LogP contribution is -2.42. The van der Waals surface area contributed by atoms with E-state index >= 15 is 0 Å². The zero-order valence-electron chi connectivity index (χ0n) is 8.41. The Balaban J connectivity index is 2.45. The molecule has 3 atom stereocenters. The summed E-state index contributed by atoms with van der Waals surface area (Å²) in [5, 5.41) is 0. The molecular weight excluding hydrogens is 154 g/mol. The van der Waals surface area contributed by atoms with Gasteiger partial charge in [0, 0.05) is 19.6 Å². The van der Waals surface area contributed by atoms with Gasteiger partial charge in [0.25, 0.3) is 0 Å². The molecule has 1 heterocycles. The summed E-state index contributed by atoms with van der Waals surface area (Å²) in [6, 6.07) is 0.596. The first-order valence-electron chi connectivity index (χ1n) is 4.48. The van der Waals surface area contributed by atoms with Gasteiger partial charge in [-0.3, -0.25) is 0 Å². The fourth-order valence-electron chi connectivity index (χ4n) is 1.65. The van der Waals surface area contributed by atoms with Crippen LogP contribution in [-0.2, 0) is 9.47 Å². The summed E-state index contributed by atoms with van der Waals surface area (Å²) in [7, 11) is 5.92. The van der Waals surface area contributed by atoms with Gasteiger partial charge in [0.05, 0.1) is 6.10 Å². The number of ether oxygens (including phenoxy) is 2. The highest BCUT2D eigenvalue weighted by atomic mass is 16.7. The van der Waals surface area contributed by atoms with Crippen LogP contribution in [0.3, 0.4) is 0 Å². The van der Waals surface area contributed by atoms with E-state index in [4.69, 9.17) is 9.47 Å². The fraction of sp³-hybridized carbons (Fsp3) is 1.00. The molecule has 0 N–H and O–H groups in total. The second kappa shape index (κ2) is 4.21. The average Bonchev–Trinajstić information content (AvgIpc) is 2.03. The summed E-state index contributed by atoms with van der Waals surface area (Å²) in [5.41, 5.74) is 0. The van der Waals surface area contributed by atoms with Crippen molar-refractivity contribution >= 4 is 0 Å². The first-order valence-corrected chi connectivity index (χ1v) is 4.48. The summed E-state index contributed by atoms with van der Waals surface area (Å²) in [5.74, 6) is 0. The Morgan fingerprint density at radius 1 is 1.33 bits per heavy atom. The van der Waals surface area contributed by atoms with E-state index in [1.54, 1.807) is 7.11 Å². The second-order valence-electron chi connectivity index (χ2n) is 3.70. The van der Waals surface area contributed by atoms with Gasteiger partial charge in [-0.25, -0.2) is 0 Å². The van der Waals surface area contributed by atoms with Crippen molar-refractivity contribution in [3.63, 3.8) is 0 Å². The zero-order valence-corrected chi connectivity index (χ0v) is 8.41. The molecule has 0 aromatic rings. The van der Waals surface area contributed by atoms with Crippen LogP contribution in [0.15, 0.2) is 0 Å². The van der Waals surface area contributed by atoms with Gasteiger partial charge in [0.1, 0.15) is 0 Å². The first-order chi connectivity index (χ1) is 5.63. The second-order valence-corrected chi connectivity index (χ2v) is 3.70. The summed E-state index contributed by atoms with van der Waals surface area (Å²) in [4.78, 5) is 2.24. The molecule has 1 fully saturated rings. The van der Waals surface area contributed by atoms with Gasteiger partial charge in [-0.05, 0) is 27.4 Å². The average molecular weight is 173 g/mol. The van der Waals surface area contributed by atoms with Crippen molar-refractivity contribution in [1.82, 2.24) is 4.90 Å². The Labute approximate surface area is 74.6 Å². The topological polar surface area (TPSA) is 21.7 Å². The maximum atomic E-state index is 5.57. The Morgan fingerprint density at radius 2 is 2.00 bits per heavy atom. The highest BCUT2D eigenvalue weighted by Gasteiger charge is 2.27. The molecule has 1 aliphatic rings. The van der Waals surface area contributed by atoms with E-state index in [1.807, 2.05) is 0 Å². The summed E-state index contributed by atoms with van der Waals surface area (Å²) in [6.07, 6.45) is 2.39. The molecule has 0 saturated carbocycles. The molecule has 72 valence electrons. The van der Waals surface area contributed by atoms with Crippen molar-refractivity contribution in [3.05, 3.63) is 0 Å². The molecule has 0 aliphatic carbocycles. The molecule has 0 aromatic heterocycles. The van der Waals surface area contributed by atoms with E-state index in [9.17, 15) is 0 Å². The monoisotopic (exact) mass is 173 g/mol. The Hall–Kier alpha value is -0.120. The lowest BCUT2D eigenvalue weighted by Gasteiger charge is -2.36. The van der Waals surface area contributed by atoms with Crippen molar-refractivity contribution in [2.45, 2.75) is 38.2 Å². The molecule has 1 aliphatic heterocycles. The van der Waals surface area contributed by atoms with Crippen molar-refractivity contribution < 1.29 is 9.47 Å². The number of nitrogens with zero attached hydrogens (tertiary/aromatic N) is 1. The lowest BCUT2D eigenvalue weighted by molar-refractivity contribution is -0.188. The maximum absolute atomic E-state index is 5.57. The summed E-state index contributed by atoms with van der Waals surface area (Å²) in [6.45, 7) is 2.10. The molecule has 3 heteroatoms. The Bertz CT molecular complexity index is 138. The molecule has 3 nitrogen and oxygen atoms in total. The van der Waals surface area contributed by atoms with Crippen LogP contribution in [0.25, 0.3) is 0 Å². The molecule has 0 spiro atoms. The maximum Gasteiger partial charge on any atom is 0.159 e. The molecule has 0 bridgehead atoms. The standard InChI is InChI=1S/C9H19NO2/c1-7-5-8(10(2)3)6-9(11-4)12-7/h7-9H,5-6H2,1-4H3/t7?,8-,9?/m0/s1. The van der Waals surface area contributed by atoms with Crippen LogP contribution < -0.4 is 0 Å². The lowest BCUT2D eigenvalue weighted by atomic mass is 10.0. The van der Waals surface area contributed by atoms with Gasteiger partial charge >= 0.3 is 0 Å². The van der Waals surface area contributed by atoms with Crippen LogP contribution in [0.1, 0.15) is 19.8 Å². The third kappa shape index (κ3) is 2.44. The Kier molecular flexibility index (Phi) is 3.50.